The lowest BCUT2D eigenvalue weighted by Gasteiger charge is -2.33. The van der Waals surface area contributed by atoms with Gasteiger partial charge in [0.15, 0.2) is 5.17 Å². The lowest BCUT2D eigenvalue weighted by molar-refractivity contribution is 0.185. The molecule has 1 spiro atoms. The number of hydrogen-bond donors (Lipinski definition) is 1. The third-order valence-electron chi connectivity index (χ3n) is 4.44. The van der Waals surface area contributed by atoms with Crippen LogP contribution in [0.2, 0.25) is 0 Å². The number of nitrogens with zero attached hydrogens (tertiary/aromatic N) is 1. The van der Waals surface area contributed by atoms with Gasteiger partial charge in [-0.3, -0.25) is 4.99 Å². The molecule has 1 fully saturated rings. The molecule has 3 rings (SSSR count). The molecule has 1 N–H and O–H groups in total. The molecule has 2 atom stereocenters. The van der Waals surface area contributed by atoms with E-state index in [1.807, 2.05) is 17.8 Å². The second-order valence-electron chi connectivity index (χ2n) is 6.35. The maximum Gasteiger partial charge on any atom is 0.161 e. The fourth-order valence-corrected chi connectivity index (χ4v) is 4.62. The molecule has 2 unspecified atom stereocenters. The fraction of sp³-hybridized carbons (Fsp3) is 0.588. The van der Waals surface area contributed by atoms with Gasteiger partial charge in [-0.15, -0.1) is 0 Å². The standard InChI is InChI=1S/C17H24N2OS/c1-13-6-5-9-17(10-13)12-21-16(19-17)18-15-8-4-3-7-14(15)11-20-2/h3-4,7-8,13H,5-6,9-12H2,1-2H3,(H,18,19). The third-order valence-corrected chi connectivity index (χ3v) is 5.59. The van der Waals surface area contributed by atoms with Crippen LogP contribution in [0, 0.1) is 5.92 Å². The first-order valence-corrected chi connectivity index (χ1v) is 8.76. The summed E-state index contributed by atoms with van der Waals surface area (Å²) in [5.74, 6) is 1.94. The molecule has 0 amide bonds. The summed E-state index contributed by atoms with van der Waals surface area (Å²) < 4.78 is 5.27. The summed E-state index contributed by atoms with van der Waals surface area (Å²) in [4.78, 5) is 5.05. The number of ether oxygens (including phenoxy) is 1. The minimum Gasteiger partial charge on any atom is -0.380 e. The number of rotatable bonds is 3. The van der Waals surface area contributed by atoms with Crippen molar-refractivity contribution in [2.75, 3.05) is 18.2 Å². The van der Waals surface area contributed by atoms with E-state index < -0.39 is 0 Å². The van der Waals surface area contributed by atoms with E-state index in [0.717, 1.165) is 22.5 Å². The number of benzene rings is 1. The summed E-state index contributed by atoms with van der Waals surface area (Å²) in [5, 5.41) is 4.59. The average molecular weight is 304 g/mol. The van der Waals surface area contributed by atoms with Crippen molar-refractivity contribution in [2.24, 2.45) is 10.9 Å². The number of aliphatic imine (C=N–C) groups is 1. The minimum absolute atomic E-state index is 0.195. The van der Waals surface area contributed by atoms with Gasteiger partial charge in [0.2, 0.25) is 0 Å². The van der Waals surface area contributed by atoms with Crippen LogP contribution in [0.3, 0.4) is 0 Å². The van der Waals surface area contributed by atoms with Gasteiger partial charge < -0.3 is 10.1 Å². The Labute approximate surface area is 131 Å². The van der Waals surface area contributed by atoms with Crippen molar-refractivity contribution in [3.63, 3.8) is 0 Å². The van der Waals surface area contributed by atoms with Gasteiger partial charge in [0.05, 0.1) is 12.1 Å². The van der Waals surface area contributed by atoms with Crippen molar-refractivity contribution in [3.05, 3.63) is 29.8 Å². The summed E-state index contributed by atoms with van der Waals surface area (Å²) in [7, 11) is 1.73. The molecule has 0 aromatic heterocycles. The highest BCUT2D eigenvalue weighted by molar-refractivity contribution is 8.14. The smallest absolute Gasteiger partial charge is 0.161 e. The molecule has 1 aromatic carbocycles. The van der Waals surface area contributed by atoms with Crippen LogP contribution in [-0.4, -0.2) is 23.6 Å². The molecule has 0 saturated heterocycles. The van der Waals surface area contributed by atoms with Gasteiger partial charge in [0, 0.05) is 24.1 Å². The van der Waals surface area contributed by atoms with Gasteiger partial charge >= 0.3 is 0 Å². The molecule has 21 heavy (non-hydrogen) atoms. The average Bonchev–Trinajstić information content (AvgIpc) is 2.83. The van der Waals surface area contributed by atoms with E-state index in [9.17, 15) is 0 Å². The quantitative estimate of drug-likeness (QED) is 0.904. The van der Waals surface area contributed by atoms with Crippen LogP contribution in [0.25, 0.3) is 0 Å². The molecular formula is C17H24N2OS. The van der Waals surface area contributed by atoms with E-state index in [0.29, 0.717) is 6.61 Å². The van der Waals surface area contributed by atoms with E-state index in [4.69, 9.17) is 9.73 Å². The Morgan fingerprint density at radius 2 is 2.29 bits per heavy atom. The molecule has 4 heteroatoms. The van der Waals surface area contributed by atoms with Gasteiger partial charge in [0.1, 0.15) is 0 Å². The molecule has 1 saturated carbocycles. The van der Waals surface area contributed by atoms with Crippen molar-refractivity contribution in [1.29, 1.82) is 0 Å². The minimum atomic E-state index is 0.195. The number of thioether (sulfide) groups is 1. The van der Waals surface area contributed by atoms with E-state index in [1.165, 1.54) is 31.2 Å². The van der Waals surface area contributed by atoms with Gasteiger partial charge in [-0.25, -0.2) is 0 Å². The summed E-state index contributed by atoms with van der Waals surface area (Å²) in [6, 6.07) is 8.31. The first-order chi connectivity index (χ1) is 10.2. The number of methoxy groups -OCH3 is 1. The first-order valence-electron chi connectivity index (χ1n) is 7.77. The lowest BCUT2D eigenvalue weighted by atomic mass is 9.78. The van der Waals surface area contributed by atoms with Crippen LogP contribution in [0.4, 0.5) is 5.69 Å². The predicted octanol–water partition coefficient (Wildman–Crippen LogP) is 4.30. The fourth-order valence-electron chi connectivity index (χ4n) is 3.45. The molecule has 1 aliphatic heterocycles. The van der Waals surface area contributed by atoms with Gasteiger partial charge in [0.25, 0.3) is 0 Å². The molecule has 0 bridgehead atoms. The Morgan fingerprint density at radius 3 is 3.10 bits per heavy atom. The molecule has 1 aliphatic carbocycles. The number of nitrogens with one attached hydrogen (secondary N) is 1. The monoisotopic (exact) mass is 304 g/mol. The van der Waals surface area contributed by atoms with Crippen molar-refractivity contribution >= 4 is 22.6 Å². The molecule has 3 nitrogen and oxygen atoms in total. The van der Waals surface area contributed by atoms with Gasteiger partial charge in [-0.2, -0.15) is 0 Å². The van der Waals surface area contributed by atoms with Crippen molar-refractivity contribution < 1.29 is 4.74 Å². The topological polar surface area (TPSA) is 33.6 Å². The molecule has 1 heterocycles. The highest BCUT2D eigenvalue weighted by Gasteiger charge is 2.39. The van der Waals surface area contributed by atoms with E-state index >= 15 is 0 Å². The second kappa shape index (κ2) is 6.41. The van der Waals surface area contributed by atoms with E-state index in [-0.39, 0.29) is 5.54 Å². The van der Waals surface area contributed by atoms with Crippen LogP contribution >= 0.6 is 11.8 Å². The molecule has 2 aliphatic rings. The van der Waals surface area contributed by atoms with Gasteiger partial charge in [-0.05, 0) is 24.8 Å². The zero-order chi connectivity index (χ0) is 14.7. The van der Waals surface area contributed by atoms with E-state index in [2.05, 4.69) is 30.4 Å². The van der Waals surface area contributed by atoms with E-state index in [1.54, 1.807) is 7.11 Å². The summed E-state index contributed by atoms with van der Waals surface area (Å²) >= 11 is 1.87. The number of anilines is 1. The normalized spacial score (nSPS) is 28.7. The van der Waals surface area contributed by atoms with Crippen LogP contribution in [0.15, 0.2) is 29.3 Å². The summed E-state index contributed by atoms with van der Waals surface area (Å²) in [6.45, 7) is 2.99. The highest BCUT2D eigenvalue weighted by Crippen LogP contribution is 2.42. The Balaban J connectivity index is 1.74. The van der Waals surface area contributed by atoms with Crippen molar-refractivity contribution in [3.8, 4) is 0 Å². The second-order valence-corrected chi connectivity index (χ2v) is 7.31. The Bertz CT molecular complexity index is 531. The van der Waals surface area contributed by atoms with Crippen molar-refractivity contribution in [1.82, 2.24) is 0 Å². The zero-order valence-electron chi connectivity index (χ0n) is 12.9. The maximum absolute atomic E-state index is 5.27. The number of hydrogen-bond acceptors (Lipinski definition) is 4. The molecule has 0 radical (unpaired) electrons. The van der Waals surface area contributed by atoms with Gasteiger partial charge in [-0.1, -0.05) is 49.7 Å². The predicted molar refractivity (Wildman–Crippen MR) is 91.0 cm³/mol. The summed E-state index contributed by atoms with van der Waals surface area (Å²) in [6.07, 6.45) is 5.17. The largest absolute Gasteiger partial charge is 0.380 e. The zero-order valence-corrected chi connectivity index (χ0v) is 13.7. The van der Waals surface area contributed by atoms with Crippen LogP contribution in [-0.2, 0) is 11.3 Å². The maximum atomic E-state index is 5.27. The third kappa shape index (κ3) is 3.43. The Kier molecular flexibility index (Phi) is 4.55. The SMILES string of the molecule is COCc1ccccc1NC1=NC2(CCCC(C)C2)CS1. The van der Waals surface area contributed by atoms with Crippen LogP contribution in [0.5, 0.6) is 0 Å². The molecule has 1 aromatic rings. The van der Waals surface area contributed by atoms with Crippen LogP contribution < -0.4 is 5.32 Å². The highest BCUT2D eigenvalue weighted by atomic mass is 32.2. The first kappa shape index (κ1) is 14.9. The number of amidine groups is 1. The molecule has 114 valence electrons. The van der Waals surface area contributed by atoms with Crippen LogP contribution in [0.1, 0.15) is 38.2 Å². The van der Waals surface area contributed by atoms with Crippen molar-refractivity contribution in [2.45, 2.75) is 44.8 Å². The number of para-hydroxylation sites is 1. The lowest BCUT2D eigenvalue weighted by Crippen LogP contribution is -2.33. The molecular weight excluding hydrogens is 280 g/mol. The summed E-state index contributed by atoms with van der Waals surface area (Å²) in [5.41, 5.74) is 2.49. The Hall–Kier alpha value is -1.000. The Morgan fingerprint density at radius 1 is 1.43 bits per heavy atom.